The van der Waals surface area contributed by atoms with Gasteiger partial charge in [0.1, 0.15) is 9.75 Å². The summed E-state index contributed by atoms with van der Waals surface area (Å²) in [6.45, 7) is 1.25. The van der Waals surface area contributed by atoms with Gasteiger partial charge in [-0.1, -0.05) is 30.3 Å². The standard InChI is InChI=1S/C17H15Cl2NO3.C3H7NO/c1-16(10-17(16,18)19)15(22)23-9-14(21)20-13-7-6-11-4-2-3-5-12(11)8-13;1-4(2)3-5/h2-8H,9-10H2,1H3,(H,20,21);3H,1-2H3. The van der Waals surface area contributed by atoms with Gasteiger partial charge < -0.3 is 15.0 Å². The summed E-state index contributed by atoms with van der Waals surface area (Å²) >= 11 is 11.8. The summed E-state index contributed by atoms with van der Waals surface area (Å²) < 4.78 is 3.91. The summed E-state index contributed by atoms with van der Waals surface area (Å²) in [6, 6.07) is 13.4. The molecule has 1 N–H and O–H groups in total. The molecule has 1 saturated carbocycles. The minimum atomic E-state index is -1.10. The van der Waals surface area contributed by atoms with Crippen molar-refractivity contribution in [2.24, 2.45) is 5.41 Å². The molecule has 1 atom stereocenters. The van der Waals surface area contributed by atoms with Crippen molar-refractivity contribution in [3.05, 3.63) is 42.5 Å². The Bertz CT molecular complexity index is 885. The molecule has 28 heavy (non-hydrogen) atoms. The zero-order chi connectivity index (χ0) is 20.9. The summed E-state index contributed by atoms with van der Waals surface area (Å²) in [5, 5.41) is 4.80. The Morgan fingerprint density at radius 3 is 2.29 bits per heavy atom. The molecule has 6 nitrogen and oxygen atoms in total. The molecule has 3 rings (SSSR count). The van der Waals surface area contributed by atoms with E-state index in [2.05, 4.69) is 5.32 Å². The zero-order valence-corrected chi connectivity index (χ0v) is 17.4. The number of hydrogen-bond acceptors (Lipinski definition) is 4. The number of amides is 2. The molecule has 1 aliphatic rings. The van der Waals surface area contributed by atoms with Crippen LogP contribution in [0.1, 0.15) is 13.3 Å². The maximum atomic E-state index is 11.9. The summed E-state index contributed by atoms with van der Waals surface area (Å²) in [5.41, 5.74) is -0.286. The fourth-order valence-corrected chi connectivity index (χ4v) is 3.06. The molecular weight excluding hydrogens is 403 g/mol. The van der Waals surface area contributed by atoms with Crippen LogP contribution in [0.4, 0.5) is 5.69 Å². The van der Waals surface area contributed by atoms with Crippen molar-refractivity contribution in [3.63, 3.8) is 0 Å². The fraction of sp³-hybridized carbons (Fsp3) is 0.350. The second-order valence-corrected chi connectivity index (χ2v) is 8.45. The maximum Gasteiger partial charge on any atom is 0.315 e. The SMILES string of the molecule is CC1(C(=O)OCC(=O)Nc2ccc3ccccc3c2)CC1(Cl)Cl.CN(C)C=O. The molecule has 0 bridgehead atoms. The average molecular weight is 425 g/mol. The van der Waals surface area contributed by atoms with E-state index in [4.69, 9.17) is 27.9 Å². The molecule has 0 saturated heterocycles. The number of fused-ring (bicyclic) bond motifs is 1. The van der Waals surface area contributed by atoms with Crippen LogP contribution in [0.2, 0.25) is 0 Å². The Labute approximate surface area is 173 Å². The third-order valence-corrected chi connectivity index (χ3v) is 5.39. The molecular formula is C20H22Cl2N2O4. The van der Waals surface area contributed by atoms with E-state index in [1.807, 2.05) is 36.4 Å². The van der Waals surface area contributed by atoms with Crippen molar-refractivity contribution in [3.8, 4) is 0 Å². The number of halogens is 2. The monoisotopic (exact) mass is 424 g/mol. The predicted molar refractivity (Wildman–Crippen MR) is 110 cm³/mol. The van der Waals surface area contributed by atoms with Crippen molar-refractivity contribution in [2.75, 3.05) is 26.0 Å². The van der Waals surface area contributed by atoms with Crippen LogP contribution in [0.25, 0.3) is 10.8 Å². The lowest BCUT2D eigenvalue weighted by molar-refractivity contribution is -0.152. The van der Waals surface area contributed by atoms with Crippen LogP contribution in [-0.2, 0) is 19.1 Å². The third-order valence-electron chi connectivity index (χ3n) is 4.29. The van der Waals surface area contributed by atoms with E-state index in [-0.39, 0.29) is 6.61 Å². The van der Waals surface area contributed by atoms with Crippen LogP contribution in [0, 0.1) is 5.41 Å². The minimum Gasteiger partial charge on any atom is -0.455 e. The molecule has 1 unspecified atom stereocenters. The van der Waals surface area contributed by atoms with Crippen LogP contribution in [0.3, 0.4) is 0 Å². The molecule has 0 spiro atoms. The van der Waals surface area contributed by atoms with Crippen LogP contribution in [0.15, 0.2) is 42.5 Å². The minimum absolute atomic E-state index is 0.328. The highest BCUT2D eigenvalue weighted by Crippen LogP contribution is 2.64. The summed E-state index contributed by atoms with van der Waals surface area (Å²) in [7, 11) is 3.38. The van der Waals surface area contributed by atoms with Crippen LogP contribution in [0.5, 0.6) is 0 Å². The molecule has 1 aliphatic carbocycles. The Morgan fingerprint density at radius 2 is 1.75 bits per heavy atom. The van der Waals surface area contributed by atoms with Gasteiger partial charge in [0.05, 0.1) is 0 Å². The van der Waals surface area contributed by atoms with Crippen LogP contribution < -0.4 is 5.32 Å². The van der Waals surface area contributed by atoms with Gasteiger partial charge in [-0.15, -0.1) is 23.2 Å². The lowest BCUT2D eigenvalue weighted by Gasteiger charge is -2.12. The van der Waals surface area contributed by atoms with E-state index in [0.29, 0.717) is 12.1 Å². The highest BCUT2D eigenvalue weighted by atomic mass is 35.5. The van der Waals surface area contributed by atoms with Crippen LogP contribution in [-0.4, -0.2) is 48.2 Å². The Balaban J connectivity index is 0.000000500. The molecule has 0 aromatic heterocycles. The van der Waals surface area contributed by atoms with E-state index in [1.54, 1.807) is 27.1 Å². The largest absolute Gasteiger partial charge is 0.455 e. The normalized spacial score (nSPS) is 19.0. The number of nitrogens with zero attached hydrogens (tertiary/aromatic N) is 1. The van der Waals surface area contributed by atoms with Gasteiger partial charge in [-0.2, -0.15) is 0 Å². The third kappa shape index (κ3) is 5.36. The van der Waals surface area contributed by atoms with Crippen molar-refractivity contribution in [1.29, 1.82) is 0 Å². The van der Waals surface area contributed by atoms with E-state index >= 15 is 0 Å². The fourth-order valence-electron chi connectivity index (χ4n) is 2.38. The van der Waals surface area contributed by atoms with Crippen LogP contribution >= 0.6 is 23.2 Å². The first kappa shape index (κ1) is 22.0. The maximum absolute atomic E-state index is 11.9. The van der Waals surface area contributed by atoms with Gasteiger partial charge in [0.15, 0.2) is 6.61 Å². The highest BCUT2D eigenvalue weighted by molar-refractivity contribution is 6.53. The number of ether oxygens (including phenoxy) is 1. The van der Waals surface area contributed by atoms with Gasteiger partial charge in [0.2, 0.25) is 6.41 Å². The molecule has 0 radical (unpaired) electrons. The lowest BCUT2D eigenvalue weighted by Crippen LogP contribution is -2.26. The topological polar surface area (TPSA) is 75.7 Å². The van der Waals surface area contributed by atoms with E-state index in [1.165, 1.54) is 4.90 Å². The number of anilines is 1. The number of rotatable bonds is 5. The zero-order valence-electron chi connectivity index (χ0n) is 15.9. The number of hydrogen-bond donors (Lipinski definition) is 1. The molecule has 150 valence electrons. The van der Waals surface area contributed by atoms with E-state index in [0.717, 1.165) is 17.2 Å². The van der Waals surface area contributed by atoms with Crippen molar-refractivity contribution < 1.29 is 19.1 Å². The predicted octanol–water partition coefficient (Wildman–Crippen LogP) is 3.61. The Hall–Kier alpha value is -2.31. The number of alkyl halides is 2. The van der Waals surface area contributed by atoms with Gasteiger partial charge in [-0.05, 0) is 29.8 Å². The quantitative estimate of drug-likeness (QED) is 0.451. The summed E-state index contributed by atoms with van der Waals surface area (Å²) in [6.07, 6.45) is 1.08. The molecule has 1 fully saturated rings. The molecule has 2 amide bonds. The van der Waals surface area contributed by atoms with Crippen molar-refractivity contribution >= 4 is 57.9 Å². The number of nitrogens with one attached hydrogen (secondary N) is 1. The van der Waals surface area contributed by atoms with Crippen molar-refractivity contribution in [1.82, 2.24) is 4.90 Å². The first-order valence-corrected chi connectivity index (χ1v) is 9.30. The van der Waals surface area contributed by atoms with E-state index < -0.39 is 21.6 Å². The van der Waals surface area contributed by atoms with Gasteiger partial charge in [-0.25, -0.2) is 0 Å². The summed E-state index contributed by atoms with van der Waals surface area (Å²) in [5.74, 6) is -0.969. The molecule has 2 aromatic rings. The van der Waals surface area contributed by atoms with Gasteiger partial charge in [0, 0.05) is 26.2 Å². The molecule has 2 aromatic carbocycles. The second-order valence-electron chi connectivity index (χ2n) is 6.97. The van der Waals surface area contributed by atoms with Crippen molar-refractivity contribution in [2.45, 2.75) is 17.7 Å². The van der Waals surface area contributed by atoms with E-state index in [9.17, 15) is 14.4 Å². The molecule has 0 aliphatic heterocycles. The number of carbonyl (C=O) groups is 3. The Kier molecular flexibility index (Phi) is 6.91. The van der Waals surface area contributed by atoms with Gasteiger partial charge in [-0.3, -0.25) is 14.4 Å². The number of carbonyl (C=O) groups excluding carboxylic acids is 3. The first-order valence-electron chi connectivity index (χ1n) is 8.54. The van der Waals surface area contributed by atoms with Gasteiger partial charge >= 0.3 is 5.97 Å². The molecule has 8 heteroatoms. The number of benzene rings is 2. The average Bonchev–Trinajstić information content (AvgIpc) is 3.19. The first-order chi connectivity index (χ1) is 13.1. The Morgan fingerprint density at radius 1 is 1.18 bits per heavy atom. The summed E-state index contributed by atoms with van der Waals surface area (Å²) in [4.78, 5) is 34.7. The number of esters is 1. The lowest BCUT2D eigenvalue weighted by atomic mass is 10.1. The molecule has 0 heterocycles. The highest BCUT2D eigenvalue weighted by Gasteiger charge is 2.69. The second kappa shape index (κ2) is 8.80. The smallest absolute Gasteiger partial charge is 0.315 e. The van der Waals surface area contributed by atoms with Gasteiger partial charge in [0.25, 0.3) is 5.91 Å².